The van der Waals surface area contributed by atoms with Gasteiger partial charge >= 0.3 is 17.9 Å². The van der Waals surface area contributed by atoms with Crippen molar-refractivity contribution in [1.82, 2.24) is 0 Å². The van der Waals surface area contributed by atoms with Crippen LogP contribution in [0.4, 0.5) is 0 Å². The molecule has 0 aromatic carbocycles. The van der Waals surface area contributed by atoms with E-state index in [0.29, 0.717) is 0 Å². The number of aliphatic hydroxyl groups excluding tert-OH is 1. The number of carbonyl (C=O) groups is 3. The van der Waals surface area contributed by atoms with Crippen LogP contribution in [0.25, 0.3) is 0 Å². The summed E-state index contributed by atoms with van der Waals surface area (Å²) in [6.07, 6.45) is -3.07. The van der Waals surface area contributed by atoms with Crippen molar-refractivity contribution in [2.45, 2.75) is 58.0 Å². The van der Waals surface area contributed by atoms with Crippen molar-refractivity contribution in [1.29, 1.82) is 0 Å². The summed E-state index contributed by atoms with van der Waals surface area (Å²) in [6.45, 7) is 3.64. The van der Waals surface area contributed by atoms with Gasteiger partial charge in [0.2, 0.25) is 0 Å². The Hall–Kier alpha value is -1.63. The Bertz CT molecular complexity index is 339. The molecule has 0 aliphatic heterocycles. The van der Waals surface area contributed by atoms with Crippen molar-refractivity contribution >= 4 is 17.9 Å². The van der Waals surface area contributed by atoms with Gasteiger partial charge < -0.3 is 19.3 Å². The highest BCUT2D eigenvalue weighted by Gasteiger charge is 2.43. The van der Waals surface area contributed by atoms with Crippen LogP contribution < -0.4 is 0 Å². The van der Waals surface area contributed by atoms with E-state index >= 15 is 0 Å². The zero-order valence-corrected chi connectivity index (χ0v) is 11.1. The van der Waals surface area contributed by atoms with Crippen LogP contribution in [0.1, 0.15) is 33.6 Å². The third-order valence-corrected chi connectivity index (χ3v) is 2.68. The van der Waals surface area contributed by atoms with Crippen LogP contribution in [0.15, 0.2) is 0 Å². The second-order valence-electron chi connectivity index (χ2n) is 4.50. The molecule has 0 heterocycles. The van der Waals surface area contributed by atoms with Crippen LogP contribution in [0.2, 0.25) is 0 Å². The highest BCUT2D eigenvalue weighted by Crippen LogP contribution is 2.27. The van der Waals surface area contributed by atoms with E-state index in [-0.39, 0.29) is 12.8 Å². The number of esters is 3. The van der Waals surface area contributed by atoms with E-state index in [2.05, 4.69) is 0 Å². The first-order valence-corrected chi connectivity index (χ1v) is 5.99. The Balaban J connectivity index is 2.87. The predicted octanol–water partition coefficient (Wildman–Crippen LogP) is -0.0638. The fourth-order valence-electron chi connectivity index (χ4n) is 2.14. The predicted molar refractivity (Wildman–Crippen MR) is 61.9 cm³/mol. The zero-order chi connectivity index (χ0) is 14.6. The minimum absolute atomic E-state index is 0.134. The van der Waals surface area contributed by atoms with E-state index in [1.54, 1.807) is 0 Å². The molecule has 2 atom stereocenters. The summed E-state index contributed by atoms with van der Waals surface area (Å²) in [4.78, 5) is 33.1. The van der Waals surface area contributed by atoms with Gasteiger partial charge in [0.25, 0.3) is 0 Å². The molecule has 108 valence electrons. The largest absolute Gasteiger partial charge is 0.458 e. The van der Waals surface area contributed by atoms with Gasteiger partial charge in [0.1, 0.15) is 12.2 Å². The maximum Gasteiger partial charge on any atom is 0.303 e. The maximum absolute atomic E-state index is 11.1. The molecule has 0 spiro atoms. The number of hydrogen-bond donors (Lipinski definition) is 1. The third kappa shape index (κ3) is 4.86. The zero-order valence-electron chi connectivity index (χ0n) is 11.1. The molecule has 0 bridgehead atoms. The summed E-state index contributed by atoms with van der Waals surface area (Å²) in [7, 11) is 0. The molecule has 0 saturated heterocycles. The average Bonchev–Trinajstić information content (AvgIpc) is 2.20. The Morgan fingerprint density at radius 3 is 1.53 bits per heavy atom. The molecule has 0 aromatic heterocycles. The lowest BCUT2D eigenvalue weighted by Gasteiger charge is -2.37. The van der Waals surface area contributed by atoms with E-state index in [1.165, 1.54) is 20.8 Å². The quantitative estimate of drug-likeness (QED) is 0.568. The Morgan fingerprint density at radius 2 is 1.21 bits per heavy atom. The summed E-state index contributed by atoms with van der Waals surface area (Å²) < 4.78 is 15.1. The van der Waals surface area contributed by atoms with Crippen LogP contribution in [-0.4, -0.2) is 47.4 Å². The van der Waals surface area contributed by atoms with Crippen molar-refractivity contribution in [3.63, 3.8) is 0 Å². The molecule has 7 heteroatoms. The van der Waals surface area contributed by atoms with E-state index in [4.69, 9.17) is 14.2 Å². The summed E-state index contributed by atoms with van der Waals surface area (Å²) in [6, 6.07) is 0. The Kier molecular flexibility index (Phi) is 5.29. The first-order valence-electron chi connectivity index (χ1n) is 5.99. The lowest BCUT2D eigenvalue weighted by Crippen LogP contribution is -2.51. The van der Waals surface area contributed by atoms with Crippen LogP contribution in [0.5, 0.6) is 0 Å². The van der Waals surface area contributed by atoms with Gasteiger partial charge in [0.15, 0.2) is 6.10 Å². The maximum atomic E-state index is 11.1. The number of aliphatic hydroxyl groups is 1. The molecule has 19 heavy (non-hydrogen) atoms. The SMILES string of the molecule is CC(=O)OC1[C@H](OC(C)=O)CC(O)C[C@H]1OC(C)=O. The highest BCUT2D eigenvalue weighted by molar-refractivity contribution is 5.68. The van der Waals surface area contributed by atoms with Gasteiger partial charge in [-0.15, -0.1) is 0 Å². The topological polar surface area (TPSA) is 99.1 Å². The van der Waals surface area contributed by atoms with E-state index in [1.807, 2.05) is 0 Å². The summed E-state index contributed by atoms with van der Waals surface area (Å²) in [5.74, 6) is -1.69. The van der Waals surface area contributed by atoms with Crippen molar-refractivity contribution in [3.8, 4) is 0 Å². The summed E-state index contributed by atoms with van der Waals surface area (Å²) in [5.41, 5.74) is 0. The van der Waals surface area contributed by atoms with E-state index in [9.17, 15) is 19.5 Å². The number of carbonyl (C=O) groups excluding carboxylic acids is 3. The van der Waals surface area contributed by atoms with Crippen molar-refractivity contribution in [2.24, 2.45) is 0 Å². The smallest absolute Gasteiger partial charge is 0.303 e. The van der Waals surface area contributed by atoms with Gasteiger partial charge in [0, 0.05) is 33.6 Å². The third-order valence-electron chi connectivity index (χ3n) is 2.68. The van der Waals surface area contributed by atoms with Crippen LogP contribution in [0.3, 0.4) is 0 Å². The fraction of sp³-hybridized carbons (Fsp3) is 0.750. The molecular weight excluding hydrogens is 256 g/mol. The van der Waals surface area contributed by atoms with E-state index < -0.39 is 42.3 Å². The van der Waals surface area contributed by atoms with Crippen LogP contribution in [0, 0.1) is 0 Å². The number of ether oxygens (including phenoxy) is 3. The monoisotopic (exact) mass is 274 g/mol. The van der Waals surface area contributed by atoms with Gasteiger partial charge in [-0.2, -0.15) is 0 Å². The normalized spacial score (nSPS) is 30.3. The molecule has 7 nitrogen and oxygen atoms in total. The summed E-state index contributed by atoms with van der Waals surface area (Å²) >= 11 is 0. The minimum atomic E-state index is -0.895. The fourth-order valence-corrected chi connectivity index (χ4v) is 2.14. The van der Waals surface area contributed by atoms with Crippen LogP contribution >= 0.6 is 0 Å². The Morgan fingerprint density at radius 1 is 0.842 bits per heavy atom. The van der Waals surface area contributed by atoms with Gasteiger partial charge in [-0.25, -0.2) is 0 Å². The molecule has 1 N–H and O–H groups in total. The Labute approximate surface area is 110 Å². The highest BCUT2D eigenvalue weighted by atomic mass is 16.6. The number of rotatable bonds is 3. The number of hydrogen-bond acceptors (Lipinski definition) is 7. The van der Waals surface area contributed by atoms with Gasteiger partial charge in [-0.05, 0) is 0 Å². The molecule has 0 aromatic rings. The second-order valence-corrected chi connectivity index (χ2v) is 4.50. The standard InChI is InChI=1S/C12H18O7/c1-6(13)17-10-4-9(16)5-11(18-7(2)14)12(10)19-8(3)15/h9-12,16H,4-5H2,1-3H3/t9?,10-,11-,12?/m1/s1. The molecule has 1 saturated carbocycles. The average molecular weight is 274 g/mol. The summed E-state index contributed by atoms with van der Waals surface area (Å²) in [5, 5.41) is 9.70. The van der Waals surface area contributed by atoms with Gasteiger partial charge in [-0.3, -0.25) is 14.4 Å². The van der Waals surface area contributed by atoms with Gasteiger partial charge in [0.05, 0.1) is 6.10 Å². The van der Waals surface area contributed by atoms with Gasteiger partial charge in [-0.1, -0.05) is 0 Å². The lowest BCUT2D eigenvalue weighted by molar-refractivity contribution is -0.196. The molecule has 1 aliphatic carbocycles. The van der Waals surface area contributed by atoms with Crippen molar-refractivity contribution < 1.29 is 33.7 Å². The first-order chi connectivity index (χ1) is 8.79. The molecule has 1 aliphatic rings. The lowest BCUT2D eigenvalue weighted by atomic mass is 9.89. The first kappa shape index (κ1) is 15.4. The molecule has 1 rings (SSSR count). The molecule has 0 unspecified atom stereocenters. The molecule has 1 fully saturated rings. The van der Waals surface area contributed by atoms with Crippen molar-refractivity contribution in [2.75, 3.05) is 0 Å². The minimum Gasteiger partial charge on any atom is -0.458 e. The molecule has 0 radical (unpaired) electrons. The van der Waals surface area contributed by atoms with E-state index in [0.717, 1.165) is 0 Å². The molecule has 0 amide bonds. The molecular formula is C12H18O7. The second kappa shape index (κ2) is 6.51. The van der Waals surface area contributed by atoms with Crippen LogP contribution in [-0.2, 0) is 28.6 Å². The van der Waals surface area contributed by atoms with Crippen molar-refractivity contribution in [3.05, 3.63) is 0 Å².